The first kappa shape index (κ1) is 30.2. The molecule has 6 heterocycles. The Bertz CT molecular complexity index is 1660. The highest BCUT2D eigenvalue weighted by Crippen LogP contribution is 2.48. The van der Waals surface area contributed by atoms with Crippen LogP contribution in [0.5, 0.6) is 6.01 Å². The van der Waals surface area contributed by atoms with E-state index in [-0.39, 0.29) is 23.7 Å². The van der Waals surface area contributed by atoms with Crippen LogP contribution in [0.25, 0.3) is 22.2 Å². The monoisotopic (exact) mass is 644 g/mol. The number of aromatic nitrogens is 3. The molecule has 4 saturated heterocycles. The van der Waals surface area contributed by atoms with E-state index in [0.717, 1.165) is 90.2 Å². The molecular weight excluding hydrogens is 600 g/mol. The van der Waals surface area contributed by atoms with Gasteiger partial charge in [-0.25, -0.2) is 4.79 Å². The highest BCUT2D eigenvalue weighted by molar-refractivity contribution is 6.32. The van der Waals surface area contributed by atoms with E-state index in [1.165, 1.54) is 18.4 Å². The Labute approximate surface area is 276 Å². The van der Waals surface area contributed by atoms with Crippen LogP contribution in [0.2, 0.25) is 5.02 Å². The SMILES string of the molecule is Cc1c(-c2cccc(Cl)c2C2CC2)ncc2c(N3CC4CCC(C3)N4C(=O)OC(C)(C)C)nc(OCC34CCCN3CCC4)nc12. The largest absolute Gasteiger partial charge is 0.461 e. The van der Waals surface area contributed by atoms with Gasteiger partial charge in [0.1, 0.15) is 18.0 Å². The number of halogens is 1. The summed E-state index contributed by atoms with van der Waals surface area (Å²) in [4.78, 5) is 35.4. The first-order chi connectivity index (χ1) is 22.1. The Morgan fingerprint density at radius 1 is 1.04 bits per heavy atom. The van der Waals surface area contributed by atoms with E-state index >= 15 is 0 Å². The molecule has 46 heavy (non-hydrogen) atoms. The number of carbonyl (C=O) groups excluding carboxylic acids is 1. The fourth-order valence-electron chi connectivity index (χ4n) is 8.64. The van der Waals surface area contributed by atoms with Gasteiger partial charge in [-0.3, -0.25) is 14.8 Å². The maximum absolute atomic E-state index is 13.2. The predicted molar refractivity (Wildman–Crippen MR) is 180 cm³/mol. The fraction of sp³-hybridized carbons (Fsp3) is 0.611. The van der Waals surface area contributed by atoms with Gasteiger partial charge in [0.25, 0.3) is 0 Å². The highest BCUT2D eigenvalue weighted by atomic mass is 35.5. The third-order valence-electron chi connectivity index (χ3n) is 10.9. The van der Waals surface area contributed by atoms with Crippen molar-refractivity contribution in [1.29, 1.82) is 0 Å². The van der Waals surface area contributed by atoms with Gasteiger partial charge in [0.05, 0.1) is 34.2 Å². The third kappa shape index (κ3) is 5.27. The van der Waals surface area contributed by atoms with Crippen LogP contribution in [0.15, 0.2) is 24.4 Å². The van der Waals surface area contributed by atoms with Gasteiger partial charge < -0.3 is 14.4 Å². The summed E-state index contributed by atoms with van der Waals surface area (Å²) in [5, 5.41) is 1.72. The van der Waals surface area contributed by atoms with Crippen molar-refractivity contribution in [1.82, 2.24) is 24.8 Å². The third-order valence-corrected chi connectivity index (χ3v) is 11.2. The molecule has 1 aliphatic carbocycles. The number of nitrogens with zero attached hydrogens (tertiary/aromatic N) is 6. The number of rotatable bonds is 6. The van der Waals surface area contributed by atoms with Gasteiger partial charge in [-0.05, 0) is 110 Å². The van der Waals surface area contributed by atoms with Crippen molar-refractivity contribution in [2.24, 2.45) is 0 Å². The van der Waals surface area contributed by atoms with E-state index in [2.05, 4.69) is 22.8 Å². The molecule has 1 amide bonds. The predicted octanol–water partition coefficient (Wildman–Crippen LogP) is 7.13. The molecule has 0 spiro atoms. The molecule has 0 N–H and O–H groups in total. The summed E-state index contributed by atoms with van der Waals surface area (Å²) >= 11 is 6.77. The summed E-state index contributed by atoms with van der Waals surface area (Å²) in [5.74, 6) is 1.32. The first-order valence-electron chi connectivity index (χ1n) is 17.2. The van der Waals surface area contributed by atoms with Crippen LogP contribution in [-0.4, -0.2) is 86.9 Å². The molecule has 4 aliphatic heterocycles. The van der Waals surface area contributed by atoms with Crippen molar-refractivity contribution >= 4 is 34.4 Å². The van der Waals surface area contributed by atoms with Crippen LogP contribution < -0.4 is 9.64 Å². The summed E-state index contributed by atoms with van der Waals surface area (Å²) in [7, 11) is 0. The lowest BCUT2D eigenvalue weighted by Crippen LogP contribution is -2.57. The number of carbonyl (C=O) groups is 1. The molecule has 1 saturated carbocycles. The molecule has 2 atom stereocenters. The van der Waals surface area contributed by atoms with Crippen LogP contribution in [0.1, 0.15) is 89.2 Å². The standard InChI is InChI=1S/C36H45ClN6O3/c1-22-30(26-8-5-9-28(37)29(26)23-10-11-23)38-18-27-31(22)39-33(45-21-36-14-6-16-42(36)17-7-15-36)40-32(27)41-19-24-12-13-25(20-41)43(24)34(44)46-35(2,3)4/h5,8-9,18,23-25H,6-7,10-17,19-21H2,1-4H3. The number of ether oxygens (including phenoxy) is 2. The number of hydrogen-bond acceptors (Lipinski definition) is 8. The normalized spacial score (nSPS) is 24.1. The minimum atomic E-state index is -0.528. The van der Waals surface area contributed by atoms with Gasteiger partial charge in [0.15, 0.2) is 0 Å². The number of hydrogen-bond donors (Lipinski definition) is 0. The number of piperazine rings is 1. The highest BCUT2D eigenvalue weighted by Gasteiger charge is 2.46. The van der Waals surface area contributed by atoms with Gasteiger partial charge in [-0.1, -0.05) is 23.7 Å². The van der Waals surface area contributed by atoms with Gasteiger partial charge in [0.2, 0.25) is 0 Å². The van der Waals surface area contributed by atoms with Crippen molar-refractivity contribution in [3.63, 3.8) is 0 Å². The summed E-state index contributed by atoms with van der Waals surface area (Å²) in [6, 6.07) is 6.69. The molecule has 8 rings (SSSR count). The molecule has 244 valence electrons. The maximum Gasteiger partial charge on any atom is 0.410 e. The Morgan fingerprint density at radius 2 is 1.76 bits per heavy atom. The van der Waals surface area contributed by atoms with Gasteiger partial charge in [-0.2, -0.15) is 9.97 Å². The zero-order valence-electron chi connectivity index (χ0n) is 27.5. The molecule has 2 aromatic heterocycles. The maximum atomic E-state index is 13.2. The zero-order valence-corrected chi connectivity index (χ0v) is 28.3. The summed E-state index contributed by atoms with van der Waals surface area (Å²) in [6.45, 7) is 12.1. The number of fused-ring (bicyclic) bond motifs is 4. The van der Waals surface area contributed by atoms with Crippen LogP contribution in [0.4, 0.5) is 10.6 Å². The number of aryl methyl sites for hydroxylation is 1. The molecule has 1 aromatic carbocycles. The Balaban J connectivity index is 1.18. The van der Waals surface area contributed by atoms with E-state index in [4.69, 9.17) is 36.0 Å². The Hall–Kier alpha value is -3.17. The molecular formula is C36H45ClN6O3. The summed E-state index contributed by atoms with van der Waals surface area (Å²) in [6.07, 6.45) is 10.7. The number of amides is 1. The molecule has 2 unspecified atom stereocenters. The lowest BCUT2D eigenvalue weighted by Gasteiger charge is -2.42. The number of pyridine rings is 1. The number of benzene rings is 1. The van der Waals surface area contributed by atoms with Crippen molar-refractivity contribution in [3.8, 4) is 17.3 Å². The lowest BCUT2D eigenvalue weighted by atomic mass is 9.95. The second-order valence-electron chi connectivity index (χ2n) is 15.2. The molecule has 9 nitrogen and oxygen atoms in total. The second kappa shape index (κ2) is 11.2. The smallest absolute Gasteiger partial charge is 0.410 e. The van der Waals surface area contributed by atoms with Gasteiger partial charge in [-0.15, -0.1) is 0 Å². The molecule has 5 fully saturated rings. The molecule has 0 radical (unpaired) electrons. The Kier molecular flexibility index (Phi) is 7.36. The molecule has 3 aromatic rings. The first-order valence-corrected chi connectivity index (χ1v) is 17.6. The molecule has 5 aliphatic rings. The van der Waals surface area contributed by atoms with Crippen molar-refractivity contribution < 1.29 is 14.3 Å². The van der Waals surface area contributed by atoms with Crippen LogP contribution in [0, 0.1) is 6.92 Å². The second-order valence-corrected chi connectivity index (χ2v) is 15.6. The minimum absolute atomic E-state index is 0.0632. The topological polar surface area (TPSA) is 83.9 Å². The Morgan fingerprint density at radius 3 is 2.43 bits per heavy atom. The van der Waals surface area contributed by atoms with E-state index < -0.39 is 5.60 Å². The molecule has 2 bridgehead atoms. The number of anilines is 1. The quantitative estimate of drug-likeness (QED) is 0.280. The average Bonchev–Trinajstić information content (AvgIpc) is 3.55. The van der Waals surface area contributed by atoms with Crippen molar-refractivity contribution in [2.45, 2.75) is 108 Å². The van der Waals surface area contributed by atoms with Crippen LogP contribution >= 0.6 is 11.6 Å². The van der Waals surface area contributed by atoms with E-state index in [1.807, 2.05) is 44.0 Å². The van der Waals surface area contributed by atoms with Crippen LogP contribution in [-0.2, 0) is 4.74 Å². The van der Waals surface area contributed by atoms with Crippen molar-refractivity contribution in [2.75, 3.05) is 37.7 Å². The van der Waals surface area contributed by atoms with Gasteiger partial charge >= 0.3 is 12.1 Å². The lowest BCUT2D eigenvalue weighted by molar-refractivity contribution is 0.0122. The zero-order chi connectivity index (χ0) is 31.8. The minimum Gasteiger partial charge on any atom is -0.461 e. The fourth-order valence-corrected chi connectivity index (χ4v) is 8.97. The van der Waals surface area contributed by atoms with Gasteiger partial charge in [0, 0.05) is 35.4 Å². The molecule has 10 heteroatoms. The van der Waals surface area contributed by atoms with E-state index in [0.29, 0.717) is 31.6 Å². The van der Waals surface area contributed by atoms with E-state index in [1.54, 1.807) is 0 Å². The summed E-state index contributed by atoms with van der Waals surface area (Å²) in [5.41, 5.74) is 4.63. The van der Waals surface area contributed by atoms with E-state index in [9.17, 15) is 4.79 Å². The van der Waals surface area contributed by atoms with Crippen molar-refractivity contribution in [3.05, 3.63) is 40.5 Å². The van der Waals surface area contributed by atoms with Crippen LogP contribution in [0.3, 0.4) is 0 Å². The summed E-state index contributed by atoms with van der Waals surface area (Å²) < 4.78 is 12.4. The average molecular weight is 645 g/mol.